The SMILES string of the molecule is Cn1cnc(Cn2cccc2C=O)n1. The molecule has 0 saturated carbocycles. The predicted octanol–water partition coefficient (Wildman–Crippen LogP) is 0.477. The summed E-state index contributed by atoms with van der Waals surface area (Å²) in [5.74, 6) is 0.701. The van der Waals surface area contributed by atoms with E-state index in [1.54, 1.807) is 17.1 Å². The van der Waals surface area contributed by atoms with E-state index in [1.165, 1.54) is 0 Å². The van der Waals surface area contributed by atoms with Crippen molar-refractivity contribution in [1.29, 1.82) is 0 Å². The van der Waals surface area contributed by atoms with Crippen LogP contribution in [-0.4, -0.2) is 25.6 Å². The first-order valence-electron chi connectivity index (χ1n) is 4.24. The number of nitrogens with zero attached hydrogens (tertiary/aromatic N) is 4. The second-order valence-corrected chi connectivity index (χ2v) is 3.01. The number of aldehydes is 1. The second kappa shape index (κ2) is 3.45. The fourth-order valence-corrected chi connectivity index (χ4v) is 1.29. The van der Waals surface area contributed by atoms with Crippen LogP contribution >= 0.6 is 0 Å². The van der Waals surface area contributed by atoms with E-state index in [0.717, 1.165) is 6.29 Å². The van der Waals surface area contributed by atoms with Gasteiger partial charge in [-0.2, -0.15) is 5.10 Å². The fraction of sp³-hybridized carbons (Fsp3) is 0.222. The lowest BCUT2D eigenvalue weighted by molar-refractivity contribution is 0.111. The zero-order valence-electron chi connectivity index (χ0n) is 7.79. The molecule has 2 aromatic heterocycles. The van der Waals surface area contributed by atoms with Gasteiger partial charge in [0.25, 0.3) is 0 Å². The summed E-state index contributed by atoms with van der Waals surface area (Å²) in [5.41, 5.74) is 0.637. The number of carbonyl (C=O) groups excluding carboxylic acids is 1. The molecule has 2 aromatic rings. The Morgan fingerprint density at radius 1 is 1.57 bits per heavy atom. The minimum Gasteiger partial charge on any atom is -0.338 e. The van der Waals surface area contributed by atoms with Crippen LogP contribution in [0.3, 0.4) is 0 Å². The van der Waals surface area contributed by atoms with Gasteiger partial charge in [-0.25, -0.2) is 4.98 Å². The van der Waals surface area contributed by atoms with Crippen LogP contribution in [0.4, 0.5) is 0 Å². The summed E-state index contributed by atoms with van der Waals surface area (Å²) in [6, 6.07) is 3.59. The molecule has 0 bridgehead atoms. The normalized spacial score (nSPS) is 10.4. The van der Waals surface area contributed by atoms with Crippen molar-refractivity contribution in [2.75, 3.05) is 0 Å². The predicted molar refractivity (Wildman–Crippen MR) is 49.9 cm³/mol. The van der Waals surface area contributed by atoms with Crippen LogP contribution in [0.2, 0.25) is 0 Å². The zero-order chi connectivity index (χ0) is 9.97. The van der Waals surface area contributed by atoms with Crippen LogP contribution in [0.5, 0.6) is 0 Å². The molecule has 0 spiro atoms. The standard InChI is InChI=1S/C9H10N4O/c1-12-7-10-9(11-12)5-13-4-2-3-8(13)6-14/h2-4,6-7H,5H2,1H3. The molecule has 0 aromatic carbocycles. The van der Waals surface area contributed by atoms with Gasteiger partial charge in [0, 0.05) is 13.2 Å². The third-order valence-electron chi connectivity index (χ3n) is 1.94. The van der Waals surface area contributed by atoms with Gasteiger partial charge in [0.1, 0.15) is 6.33 Å². The van der Waals surface area contributed by atoms with E-state index in [1.807, 2.05) is 23.9 Å². The number of hydrogen-bond donors (Lipinski definition) is 0. The molecule has 2 rings (SSSR count). The van der Waals surface area contributed by atoms with E-state index in [-0.39, 0.29) is 0 Å². The van der Waals surface area contributed by atoms with E-state index in [2.05, 4.69) is 10.1 Å². The first kappa shape index (κ1) is 8.68. The highest BCUT2D eigenvalue weighted by molar-refractivity contribution is 5.72. The highest BCUT2D eigenvalue weighted by Crippen LogP contribution is 2.01. The average molecular weight is 190 g/mol. The van der Waals surface area contributed by atoms with Gasteiger partial charge in [-0.05, 0) is 12.1 Å². The topological polar surface area (TPSA) is 52.7 Å². The van der Waals surface area contributed by atoms with Crippen molar-refractivity contribution >= 4 is 6.29 Å². The third-order valence-corrected chi connectivity index (χ3v) is 1.94. The molecule has 0 atom stereocenters. The van der Waals surface area contributed by atoms with Crippen molar-refractivity contribution in [3.63, 3.8) is 0 Å². The molecule has 0 radical (unpaired) electrons. The number of rotatable bonds is 3. The summed E-state index contributed by atoms with van der Waals surface area (Å²) in [6.07, 6.45) is 4.29. The first-order valence-corrected chi connectivity index (χ1v) is 4.24. The molecule has 72 valence electrons. The molecule has 0 amide bonds. The third kappa shape index (κ3) is 1.56. The van der Waals surface area contributed by atoms with Crippen LogP contribution in [-0.2, 0) is 13.6 Å². The zero-order valence-corrected chi connectivity index (χ0v) is 7.79. The van der Waals surface area contributed by atoms with Gasteiger partial charge in [0.15, 0.2) is 12.1 Å². The lowest BCUT2D eigenvalue weighted by Crippen LogP contribution is -2.04. The molecule has 0 aliphatic heterocycles. The van der Waals surface area contributed by atoms with Crippen LogP contribution in [0.25, 0.3) is 0 Å². The van der Waals surface area contributed by atoms with Crippen LogP contribution in [0.1, 0.15) is 16.3 Å². The Labute approximate surface area is 81.0 Å². The maximum atomic E-state index is 10.6. The first-order chi connectivity index (χ1) is 6.79. The van der Waals surface area contributed by atoms with E-state index in [4.69, 9.17) is 0 Å². The van der Waals surface area contributed by atoms with Gasteiger partial charge >= 0.3 is 0 Å². The molecule has 0 saturated heterocycles. The van der Waals surface area contributed by atoms with E-state index in [0.29, 0.717) is 18.1 Å². The van der Waals surface area contributed by atoms with Gasteiger partial charge in [-0.15, -0.1) is 0 Å². The molecule has 5 nitrogen and oxygen atoms in total. The Balaban J connectivity index is 2.22. The highest BCUT2D eigenvalue weighted by Gasteiger charge is 2.03. The molecular weight excluding hydrogens is 180 g/mol. The minimum absolute atomic E-state index is 0.530. The molecule has 2 heterocycles. The van der Waals surface area contributed by atoms with Gasteiger partial charge in [-0.1, -0.05) is 0 Å². The lowest BCUT2D eigenvalue weighted by atomic mass is 10.4. The lowest BCUT2D eigenvalue weighted by Gasteiger charge is -2.00. The summed E-state index contributed by atoms with van der Waals surface area (Å²) < 4.78 is 3.45. The number of hydrogen-bond acceptors (Lipinski definition) is 3. The minimum atomic E-state index is 0.530. The molecule has 0 aliphatic rings. The van der Waals surface area contributed by atoms with Gasteiger partial charge in [-0.3, -0.25) is 9.48 Å². The van der Waals surface area contributed by atoms with Gasteiger partial charge < -0.3 is 4.57 Å². The highest BCUT2D eigenvalue weighted by atomic mass is 16.1. The maximum absolute atomic E-state index is 10.6. The van der Waals surface area contributed by atoms with Crippen molar-refractivity contribution in [3.05, 3.63) is 36.2 Å². The summed E-state index contributed by atoms with van der Waals surface area (Å²) in [5, 5.41) is 4.13. The second-order valence-electron chi connectivity index (χ2n) is 3.01. The van der Waals surface area contributed by atoms with Crippen molar-refractivity contribution in [2.24, 2.45) is 7.05 Å². The van der Waals surface area contributed by atoms with Crippen LogP contribution in [0.15, 0.2) is 24.7 Å². The molecule has 0 N–H and O–H groups in total. The molecule has 0 unspecified atom stereocenters. The monoisotopic (exact) mass is 190 g/mol. The Morgan fingerprint density at radius 2 is 2.43 bits per heavy atom. The van der Waals surface area contributed by atoms with Crippen molar-refractivity contribution in [1.82, 2.24) is 19.3 Å². The Morgan fingerprint density at radius 3 is 3.07 bits per heavy atom. The van der Waals surface area contributed by atoms with Crippen molar-refractivity contribution in [3.8, 4) is 0 Å². The summed E-state index contributed by atoms with van der Waals surface area (Å²) >= 11 is 0. The fourth-order valence-electron chi connectivity index (χ4n) is 1.29. The summed E-state index contributed by atoms with van der Waals surface area (Å²) in [6.45, 7) is 0.530. The molecular formula is C9H10N4O. The molecule has 14 heavy (non-hydrogen) atoms. The maximum Gasteiger partial charge on any atom is 0.170 e. The summed E-state index contributed by atoms with van der Waals surface area (Å²) in [4.78, 5) is 14.7. The molecule has 5 heteroatoms. The van der Waals surface area contributed by atoms with E-state index < -0.39 is 0 Å². The van der Waals surface area contributed by atoms with Crippen molar-refractivity contribution in [2.45, 2.75) is 6.54 Å². The van der Waals surface area contributed by atoms with Crippen LogP contribution < -0.4 is 0 Å². The quantitative estimate of drug-likeness (QED) is 0.661. The Kier molecular flexibility index (Phi) is 2.14. The molecule has 0 aliphatic carbocycles. The van der Waals surface area contributed by atoms with Crippen LogP contribution in [0, 0.1) is 0 Å². The summed E-state index contributed by atoms with van der Waals surface area (Å²) in [7, 11) is 1.81. The van der Waals surface area contributed by atoms with Crippen molar-refractivity contribution < 1.29 is 4.79 Å². The number of aromatic nitrogens is 4. The average Bonchev–Trinajstić information content (AvgIpc) is 2.76. The smallest absolute Gasteiger partial charge is 0.170 e. The van der Waals surface area contributed by atoms with E-state index >= 15 is 0 Å². The largest absolute Gasteiger partial charge is 0.338 e. The number of aryl methyl sites for hydroxylation is 1. The number of carbonyl (C=O) groups is 1. The van der Waals surface area contributed by atoms with Gasteiger partial charge in [0.05, 0.1) is 12.2 Å². The van der Waals surface area contributed by atoms with E-state index in [9.17, 15) is 4.79 Å². The molecule has 0 fully saturated rings. The Bertz CT molecular complexity index is 443. The van der Waals surface area contributed by atoms with Gasteiger partial charge in [0.2, 0.25) is 0 Å². The Hall–Kier alpha value is -1.91.